The third kappa shape index (κ3) is 4.77. The predicted molar refractivity (Wildman–Crippen MR) is 117 cm³/mol. The normalized spacial score (nSPS) is 21.8. The number of nitrogens with zero attached hydrogens (tertiary/aromatic N) is 4. The van der Waals surface area contributed by atoms with Crippen molar-refractivity contribution in [3.05, 3.63) is 36.8 Å². The van der Waals surface area contributed by atoms with Crippen molar-refractivity contribution in [3.8, 4) is 34.1 Å². The first-order valence-corrected chi connectivity index (χ1v) is 9.77. The summed E-state index contributed by atoms with van der Waals surface area (Å²) in [6, 6.07) is 4.85. The molecule has 166 valence electrons. The van der Waals surface area contributed by atoms with E-state index in [1.807, 2.05) is 27.7 Å². The van der Waals surface area contributed by atoms with Gasteiger partial charge in [0.2, 0.25) is 5.88 Å². The minimum Gasteiger partial charge on any atom is -0.506 e. The number of aromatic amines is 1. The van der Waals surface area contributed by atoms with Crippen LogP contribution in [0.2, 0.25) is 0 Å². The minimum absolute atomic E-state index is 0. The number of hydrogen-bond acceptors (Lipinski definition) is 7. The Kier molecular flexibility index (Phi) is 6.20. The second kappa shape index (κ2) is 8.39. The Hall–Kier alpha value is -2.78. The lowest BCUT2D eigenvalue weighted by Crippen LogP contribution is -2.66. The van der Waals surface area contributed by atoms with Gasteiger partial charge in [0.05, 0.1) is 6.20 Å². The smallest absolute Gasteiger partial charge is 0.233 e. The topological polar surface area (TPSA) is 109 Å². The van der Waals surface area contributed by atoms with Crippen LogP contribution in [0.4, 0.5) is 4.39 Å². The fourth-order valence-electron chi connectivity index (χ4n) is 4.05. The molecule has 1 aliphatic rings. The SMILES string of the molecule is CC1(C)C[C@@H](Oc2ccc(-c3ncc(-c4cn[nH]c4)cc3O)nn2)[C@@H](F)C(C)(C)N1.Cl. The highest BCUT2D eigenvalue weighted by atomic mass is 35.5. The number of piperidine rings is 1. The van der Waals surface area contributed by atoms with Gasteiger partial charge in [0.25, 0.3) is 0 Å². The number of H-pyrrole nitrogens is 1. The van der Waals surface area contributed by atoms with Crippen molar-refractivity contribution in [1.29, 1.82) is 0 Å². The Bertz CT molecular complexity index is 1030. The van der Waals surface area contributed by atoms with Gasteiger partial charge >= 0.3 is 0 Å². The molecule has 8 nitrogen and oxygen atoms in total. The van der Waals surface area contributed by atoms with Crippen LogP contribution < -0.4 is 10.1 Å². The summed E-state index contributed by atoms with van der Waals surface area (Å²) in [5.74, 6) is 0.205. The molecule has 3 aromatic rings. The third-order valence-corrected chi connectivity index (χ3v) is 5.24. The van der Waals surface area contributed by atoms with E-state index in [0.29, 0.717) is 17.8 Å². The predicted octanol–water partition coefficient (Wildman–Crippen LogP) is 3.69. The van der Waals surface area contributed by atoms with E-state index >= 15 is 0 Å². The Morgan fingerprint density at radius 2 is 1.90 bits per heavy atom. The number of hydrogen-bond donors (Lipinski definition) is 3. The van der Waals surface area contributed by atoms with E-state index in [9.17, 15) is 9.50 Å². The highest BCUT2D eigenvalue weighted by Gasteiger charge is 2.47. The molecular weight excluding hydrogens is 423 g/mol. The first-order valence-electron chi connectivity index (χ1n) is 9.77. The number of aromatic hydroxyl groups is 1. The van der Waals surface area contributed by atoms with Crippen LogP contribution in [-0.2, 0) is 0 Å². The first-order chi connectivity index (χ1) is 14.1. The molecule has 0 amide bonds. The molecule has 1 saturated heterocycles. The first kappa shape index (κ1) is 22.9. The van der Waals surface area contributed by atoms with Crippen molar-refractivity contribution >= 4 is 12.4 Å². The Morgan fingerprint density at radius 3 is 2.52 bits per heavy atom. The number of alkyl halides is 1. The van der Waals surface area contributed by atoms with Crippen molar-refractivity contribution in [3.63, 3.8) is 0 Å². The number of pyridine rings is 1. The summed E-state index contributed by atoms with van der Waals surface area (Å²) in [6.07, 6.45) is 3.63. The maximum absolute atomic E-state index is 14.9. The van der Waals surface area contributed by atoms with Gasteiger partial charge in [-0.1, -0.05) is 0 Å². The monoisotopic (exact) mass is 448 g/mol. The standard InChI is InChI=1S/C21H25FN6O2.ClH/c1-20(2)8-16(19(22)21(3,4)28-20)30-17-6-5-14(26-27-17)18-15(29)7-12(9-23-18)13-10-24-25-11-13;/h5-7,9-11,16,19,28-29H,8H2,1-4H3,(H,24,25);1H/t16-,19-;/m1./s1. The van der Waals surface area contributed by atoms with Crippen LogP contribution in [0.25, 0.3) is 22.5 Å². The molecule has 10 heteroatoms. The zero-order valence-electron chi connectivity index (χ0n) is 17.8. The van der Waals surface area contributed by atoms with Gasteiger partial charge in [-0.15, -0.1) is 22.6 Å². The van der Waals surface area contributed by atoms with E-state index in [-0.39, 0.29) is 29.6 Å². The minimum atomic E-state index is -1.20. The summed E-state index contributed by atoms with van der Waals surface area (Å²) in [5, 5.41) is 28.5. The van der Waals surface area contributed by atoms with Crippen molar-refractivity contribution in [2.45, 2.75) is 57.5 Å². The largest absolute Gasteiger partial charge is 0.506 e. The maximum Gasteiger partial charge on any atom is 0.233 e. The molecule has 0 radical (unpaired) electrons. The highest BCUT2D eigenvalue weighted by Crippen LogP contribution is 2.34. The summed E-state index contributed by atoms with van der Waals surface area (Å²) in [4.78, 5) is 4.30. The quantitative estimate of drug-likeness (QED) is 0.558. The van der Waals surface area contributed by atoms with Gasteiger partial charge in [0, 0.05) is 47.1 Å². The number of nitrogens with one attached hydrogen (secondary N) is 2. The molecule has 0 aliphatic carbocycles. The molecule has 4 heterocycles. The number of ether oxygens (including phenoxy) is 1. The molecule has 0 unspecified atom stereocenters. The van der Waals surface area contributed by atoms with Gasteiger partial charge < -0.3 is 15.2 Å². The van der Waals surface area contributed by atoms with Crippen LogP contribution in [0.5, 0.6) is 11.6 Å². The molecule has 31 heavy (non-hydrogen) atoms. The molecule has 1 aliphatic heterocycles. The molecule has 0 bridgehead atoms. The Labute approximate surface area is 186 Å². The van der Waals surface area contributed by atoms with Crippen LogP contribution in [-0.4, -0.2) is 53.8 Å². The average molecular weight is 449 g/mol. The fourth-order valence-corrected chi connectivity index (χ4v) is 4.05. The molecule has 3 aromatic heterocycles. The average Bonchev–Trinajstić information content (AvgIpc) is 3.20. The highest BCUT2D eigenvalue weighted by molar-refractivity contribution is 5.85. The lowest BCUT2D eigenvalue weighted by atomic mass is 9.79. The molecule has 3 N–H and O–H groups in total. The summed E-state index contributed by atoms with van der Waals surface area (Å²) < 4.78 is 20.8. The van der Waals surface area contributed by atoms with E-state index < -0.39 is 17.8 Å². The molecule has 4 rings (SSSR count). The van der Waals surface area contributed by atoms with Gasteiger partial charge in [0.15, 0.2) is 6.17 Å². The molecular formula is C21H26ClFN6O2. The van der Waals surface area contributed by atoms with E-state index in [2.05, 4.69) is 30.7 Å². The lowest BCUT2D eigenvalue weighted by Gasteiger charge is -2.48. The van der Waals surface area contributed by atoms with Crippen molar-refractivity contribution in [1.82, 2.24) is 30.7 Å². The third-order valence-electron chi connectivity index (χ3n) is 5.24. The number of halogens is 2. The zero-order chi connectivity index (χ0) is 21.5. The van der Waals surface area contributed by atoms with Crippen molar-refractivity contribution in [2.24, 2.45) is 0 Å². The van der Waals surface area contributed by atoms with Gasteiger partial charge in [-0.25, -0.2) is 9.37 Å². The van der Waals surface area contributed by atoms with Gasteiger partial charge in [-0.05, 0) is 39.8 Å². The molecule has 0 aromatic carbocycles. The van der Waals surface area contributed by atoms with Crippen molar-refractivity contribution in [2.75, 3.05) is 0 Å². The molecule has 0 spiro atoms. The number of aromatic nitrogens is 5. The second-order valence-electron chi connectivity index (χ2n) is 8.83. The van der Waals surface area contributed by atoms with E-state index in [0.717, 1.165) is 11.1 Å². The van der Waals surface area contributed by atoms with Crippen molar-refractivity contribution < 1.29 is 14.2 Å². The van der Waals surface area contributed by atoms with Gasteiger partial charge in [-0.3, -0.25) is 5.10 Å². The zero-order valence-corrected chi connectivity index (χ0v) is 18.6. The van der Waals surface area contributed by atoms with E-state index in [4.69, 9.17) is 4.74 Å². The second-order valence-corrected chi connectivity index (χ2v) is 8.83. The maximum atomic E-state index is 14.9. The summed E-state index contributed by atoms with van der Waals surface area (Å²) in [5.41, 5.74) is 1.24. The molecule has 2 atom stereocenters. The van der Waals surface area contributed by atoms with Crippen LogP contribution in [0.1, 0.15) is 34.1 Å². The summed E-state index contributed by atoms with van der Waals surface area (Å²) in [7, 11) is 0. The van der Waals surface area contributed by atoms with Gasteiger partial charge in [0.1, 0.15) is 23.2 Å². The van der Waals surface area contributed by atoms with Crippen LogP contribution >= 0.6 is 12.4 Å². The number of rotatable bonds is 4. The molecule has 0 saturated carbocycles. The van der Waals surface area contributed by atoms with E-state index in [1.165, 1.54) is 0 Å². The van der Waals surface area contributed by atoms with Crippen LogP contribution in [0, 0.1) is 0 Å². The molecule has 1 fully saturated rings. The van der Waals surface area contributed by atoms with Crippen LogP contribution in [0.3, 0.4) is 0 Å². The van der Waals surface area contributed by atoms with Crippen LogP contribution in [0.15, 0.2) is 36.8 Å². The summed E-state index contributed by atoms with van der Waals surface area (Å²) in [6.45, 7) is 7.69. The van der Waals surface area contributed by atoms with Gasteiger partial charge in [-0.2, -0.15) is 5.10 Å². The fraction of sp³-hybridized carbons (Fsp3) is 0.429. The Balaban J connectivity index is 0.00000272. The van der Waals surface area contributed by atoms with E-state index in [1.54, 1.807) is 36.8 Å². The summed E-state index contributed by atoms with van der Waals surface area (Å²) >= 11 is 0. The lowest BCUT2D eigenvalue weighted by molar-refractivity contribution is -0.0281. The Morgan fingerprint density at radius 1 is 1.13 bits per heavy atom.